The van der Waals surface area contributed by atoms with E-state index in [1.807, 2.05) is 0 Å². The van der Waals surface area contributed by atoms with Crippen molar-refractivity contribution >= 4 is 29.2 Å². The lowest BCUT2D eigenvalue weighted by Crippen LogP contribution is -2.48. The summed E-state index contributed by atoms with van der Waals surface area (Å²) in [6.45, 7) is 3.64. The molecule has 0 aromatic heterocycles. The second-order valence-electron chi connectivity index (χ2n) is 11.4. The van der Waals surface area contributed by atoms with Gasteiger partial charge in [0, 0.05) is 29.5 Å². The van der Waals surface area contributed by atoms with Gasteiger partial charge in [0.05, 0.1) is 29.8 Å². The van der Waals surface area contributed by atoms with Crippen LogP contribution in [0.25, 0.3) is 0 Å². The number of alkyl halides is 6. The van der Waals surface area contributed by atoms with E-state index in [2.05, 4.69) is 15.6 Å². The Balaban J connectivity index is 2.08. The number of hydrogen-bond acceptors (Lipinski definition) is 6. The molecule has 15 heteroatoms. The summed E-state index contributed by atoms with van der Waals surface area (Å²) in [6, 6.07) is 9.47. The normalized spacial score (nSPS) is 16.9. The number of fused-ring (bicyclic) bond motifs is 1. The molecule has 0 fully saturated rings. The van der Waals surface area contributed by atoms with E-state index in [-0.39, 0.29) is 28.1 Å². The lowest BCUT2D eigenvalue weighted by molar-refractivity contribution is -0.171. The summed E-state index contributed by atoms with van der Waals surface area (Å²) in [6.07, 6.45) is -16.9. The zero-order chi connectivity index (χ0) is 33.7. The molecule has 0 saturated carbocycles. The molecule has 3 atom stereocenters. The van der Waals surface area contributed by atoms with Crippen LogP contribution in [-0.4, -0.2) is 52.7 Å². The number of benzene rings is 2. The molecule has 2 aromatic rings. The van der Waals surface area contributed by atoms with Crippen LogP contribution < -0.4 is 10.6 Å². The van der Waals surface area contributed by atoms with Gasteiger partial charge in [0.2, 0.25) is 12.1 Å². The SMILES string of the molecule is CC(C)(C)OC(=O)[C@@H](CCC(F)(F)F)[C@@H](CCC(F)(F)F)C(=O)NC1N=C(c2cccc(F)c2)c2cccc(CO)c2NC1=O. The fraction of sp³-hybridized carbons (Fsp3) is 0.467. The maximum Gasteiger partial charge on any atom is 0.389 e. The smallest absolute Gasteiger partial charge is 0.389 e. The van der Waals surface area contributed by atoms with Crippen LogP contribution >= 0.6 is 0 Å². The minimum Gasteiger partial charge on any atom is -0.460 e. The molecule has 0 bridgehead atoms. The van der Waals surface area contributed by atoms with Gasteiger partial charge < -0.3 is 20.5 Å². The van der Waals surface area contributed by atoms with Gasteiger partial charge in [-0.25, -0.2) is 9.38 Å². The number of aliphatic hydroxyl groups is 1. The van der Waals surface area contributed by atoms with E-state index in [4.69, 9.17) is 4.74 Å². The van der Waals surface area contributed by atoms with E-state index in [0.717, 1.165) is 12.1 Å². The van der Waals surface area contributed by atoms with E-state index in [1.165, 1.54) is 51.1 Å². The van der Waals surface area contributed by atoms with Crippen molar-refractivity contribution < 1.29 is 55.0 Å². The first-order chi connectivity index (χ1) is 20.8. The summed E-state index contributed by atoms with van der Waals surface area (Å²) >= 11 is 0. The van der Waals surface area contributed by atoms with Gasteiger partial charge in [0.15, 0.2) is 0 Å². The molecule has 1 aliphatic rings. The number of ether oxygens (including phenoxy) is 1. The third-order valence-corrected chi connectivity index (χ3v) is 6.72. The Morgan fingerprint density at radius 1 is 0.978 bits per heavy atom. The van der Waals surface area contributed by atoms with Crippen molar-refractivity contribution in [1.82, 2.24) is 5.32 Å². The summed E-state index contributed by atoms with van der Waals surface area (Å²) in [4.78, 5) is 44.2. The average Bonchev–Trinajstić information content (AvgIpc) is 3.04. The van der Waals surface area contributed by atoms with Gasteiger partial charge in [0.25, 0.3) is 5.91 Å². The highest BCUT2D eigenvalue weighted by atomic mass is 19.4. The Kier molecular flexibility index (Phi) is 11.0. The number of carbonyl (C=O) groups excluding carboxylic acids is 3. The number of nitrogens with zero attached hydrogens (tertiary/aromatic N) is 1. The van der Waals surface area contributed by atoms with Crippen LogP contribution in [0.5, 0.6) is 0 Å². The van der Waals surface area contributed by atoms with E-state index < -0.39 is 91.8 Å². The number of aliphatic hydroxyl groups excluding tert-OH is 1. The fourth-order valence-electron chi connectivity index (χ4n) is 4.75. The number of benzodiazepines with no additional fused rings is 1. The zero-order valence-electron chi connectivity index (χ0n) is 24.5. The summed E-state index contributed by atoms with van der Waals surface area (Å²) in [5.41, 5.74) is -0.668. The zero-order valence-corrected chi connectivity index (χ0v) is 24.5. The molecule has 2 amide bonds. The van der Waals surface area contributed by atoms with Crippen LogP contribution in [-0.2, 0) is 25.7 Å². The molecule has 3 N–H and O–H groups in total. The van der Waals surface area contributed by atoms with Crippen molar-refractivity contribution in [2.75, 3.05) is 5.32 Å². The third-order valence-electron chi connectivity index (χ3n) is 6.72. The quantitative estimate of drug-likeness (QED) is 0.222. The highest BCUT2D eigenvalue weighted by molar-refractivity contribution is 6.20. The molecule has 45 heavy (non-hydrogen) atoms. The number of amides is 2. The first-order valence-electron chi connectivity index (χ1n) is 13.8. The first-order valence-corrected chi connectivity index (χ1v) is 13.8. The number of rotatable bonds is 10. The summed E-state index contributed by atoms with van der Waals surface area (Å²) in [7, 11) is 0. The molecule has 0 aliphatic carbocycles. The van der Waals surface area contributed by atoms with Crippen LogP contribution in [0.1, 0.15) is 63.1 Å². The number of aliphatic imine (C=N–C) groups is 1. The predicted octanol–water partition coefficient (Wildman–Crippen LogP) is 5.81. The highest BCUT2D eigenvalue weighted by Gasteiger charge is 2.43. The molecule has 1 heterocycles. The van der Waals surface area contributed by atoms with Crippen LogP contribution in [0.3, 0.4) is 0 Å². The molecule has 246 valence electrons. The average molecular weight is 648 g/mol. The summed E-state index contributed by atoms with van der Waals surface area (Å²) < 4.78 is 98.9. The number of esters is 1. The predicted molar refractivity (Wildman–Crippen MR) is 148 cm³/mol. The molecule has 1 aliphatic heterocycles. The molecule has 0 saturated heterocycles. The highest BCUT2D eigenvalue weighted by Crippen LogP contribution is 2.35. The number of halogens is 7. The monoisotopic (exact) mass is 647 g/mol. The molecule has 1 unspecified atom stereocenters. The number of para-hydroxylation sites is 1. The van der Waals surface area contributed by atoms with Crippen molar-refractivity contribution in [3.63, 3.8) is 0 Å². The van der Waals surface area contributed by atoms with Crippen LogP contribution in [0.4, 0.5) is 36.4 Å². The Hall–Kier alpha value is -4.01. The summed E-state index contributed by atoms with van der Waals surface area (Å²) in [5, 5.41) is 14.5. The maximum absolute atomic E-state index is 14.2. The van der Waals surface area contributed by atoms with Crippen LogP contribution in [0, 0.1) is 17.7 Å². The molecule has 8 nitrogen and oxygen atoms in total. The lowest BCUT2D eigenvalue weighted by atomic mass is 9.83. The van der Waals surface area contributed by atoms with Gasteiger partial charge in [-0.05, 0) is 45.7 Å². The van der Waals surface area contributed by atoms with Crippen LogP contribution in [0.2, 0.25) is 0 Å². The van der Waals surface area contributed by atoms with E-state index in [1.54, 1.807) is 0 Å². The van der Waals surface area contributed by atoms with Crippen molar-refractivity contribution in [3.8, 4) is 0 Å². The second-order valence-corrected chi connectivity index (χ2v) is 11.4. The second kappa shape index (κ2) is 14.0. The molecule has 2 aromatic carbocycles. The number of anilines is 1. The topological polar surface area (TPSA) is 117 Å². The van der Waals surface area contributed by atoms with Crippen molar-refractivity contribution in [1.29, 1.82) is 0 Å². The largest absolute Gasteiger partial charge is 0.460 e. The van der Waals surface area contributed by atoms with Crippen LogP contribution in [0.15, 0.2) is 47.5 Å². The molecular weight excluding hydrogens is 615 g/mol. The maximum atomic E-state index is 14.2. The van der Waals surface area contributed by atoms with E-state index in [9.17, 15) is 50.2 Å². The molecule has 0 radical (unpaired) electrons. The summed E-state index contributed by atoms with van der Waals surface area (Å²) in [5.74, 6) is -8.35. The number of hydrogen-bond donors (Lipinski definition) is 3. The van der Waals surface area contributed by atoms with Gasteiger partial charge in [-0.2, -0.15) is 26.3 Å². The Morgan fingerprint density at radius 3 is 2.13 bits per heavy atom. The minimum atomic E-state index is -4.84. The van der Waals surface area contributed by atoms with E-state index in [0.29, 0.717) is 0 Å². The van der Waals surface area contributed by atoms with Crippen molar-refractivity contribution in [2.24, 2.45) is 16.8 Å². The van der Waals surface area contributed by atoms with Crippen molar-refractivity contribution in [3.05, 3.63) is 65.0 Å². The van der Waals surface area contributed by atoms with E-state index >= 15 is 0 Å². The Labute approximate surface area is 254 Å². The molecule has 3 rings (SSSR count). The van der Waals surface area contributed by atoms with Gasteiger partial charge in [0.1, 0.15) is 11.4 Å². The standard InChI is InChI=1S/C30H32F7N3O5/c1-28(2,3)45-27(44)20(11-13-30(35,36)37)19(10-12-29(32,33)34)25(42)40-24-26(43)39-23-17(15-41)7-5-9-21(23)22(38-24)16-6-4-8-18(31)14-16/h4-9,14,19-20,24,41H,10-13,15H2,1-3H3,(H,39,43)(H,40,42)/t19-,20+,24?/m1/s1. The van der Waals surface area contributed by atoms with Gasteiger partial charge in [-0.3, -0.25) is 14.4 Å². The van der Waals surface area contributed by atoms with Gasteiger partial charge >= 0.3 is 18.3 Å². The number of nitrogens with one attached hydrogen (secondary N) is 2. The third kappa shape index (κ3) is 10.3. The Bertz CT molecular complexity index is 1430. The van der Waals surface area contributed by atoms with Crippen molar-refractivity contribution in [2.45, 2.75) is 77.2 Å². The lowest BCUT2D eigenvalue weighted by Gasteiger charge is -2.30. The van der Waals surface area contributed by atoms with Gasteiger partial charge in [-0.1, -0.05) is 30.3 Å². The molecular formula is C30H32F7N3O5. The minimum absolute atomic E-state index is 0.0453. The fourth-order valence-corrected chi connectivity index (χ4v) is 4.75. The Morgan fingerprint density at radius 2 is 1.58 bits per heavy atom. The van der Waals surface area contributed by atoms with Gasteiger partial charge in [-0.15, -0.1) is 0 Å². The first kappa shape index (κ1) is 35.5. The molecule has 0 spiro atoms. The number of carbonyl (C=O) groups is 3.